The van der Waals surface area contributed by atoms with Crippen LogP contribution < -0.4 is 9.64 Å². The van der Waals surface area contributed by atoms with E-state index in [1.165, 1.54) is 20.4 Å². The largest absolute Gasteiger partial charge is 0.480 e. The number of hydrogen-bond acceptors (Lipinski definition) is 8. The molecule has 9 heteroatoms. The summed E-state index contributed by atoms with van der Waals surface area (Å²) in [6.45, 7) is 1.40. The SMILES string of the molecule is COC(=O)[C@@H]1[C@H]2C[C@H]3c4ccccc4N(c4cncc(OC)n4)C(=O)CCN3C[C@@H]2CC[C@@H]1O. The zero-order valence-electron chi connectivity index (χ0n) is 19.5. The Kier molecular flexibility index (Phi) is 6.22. The lowest BCUT2D eigenvalue weighted by Crippen LogP contribution is -2.53. The average molecular weight is 467 g/mol. The van der Waals surface area contributed by atoms with Crippen LogP contribution in [0.4, 0.5) is 11.5 Å². The Hall–Kier alpha value is -3.04. The molecule has 1 saturated carbocycles. The van der Waals surface area contributed by atoms with Crippen LogP contribution in [0.3, 0.4) is 0 Å². The number of aliphatic hydroxyl groups is 1. The summed E-state index contributed by atoms with van der Waals surface area (Å²) in [6.07, 6.45) is 4.90. The first-order valence-corrected chi connectivity index (χ1v) is 11.8. The molecule has 1 aromatic heterocycles. The Morgan fingerprint density at radius 2 is 2.00 bits per heavy atom. The van der Waals surface area contributed by atoms with Gasteiger partial charge in [0.25, 0.3) is 0 Å². The molecule has 3 heterocycles. The van der Waals surface area contributed by atoms with E-state index >= 15 is 0 Å². The molecule has 1 aromatic carbocycles. The molecule has 0 unspecified atom stereocenters. The molecule has 2 fully saturated rings. The van der Waals surface area contributed by atoms with Gasteiger partial charge in [0.05, 0.1) is 44.3 Å². The van der Waals surface area contributed by atoms with Crippen LogP contribution >= 0.6 is 0 Å². The number of piperidine rings is 1. The molecule has 0 bridgehead atoms. The maximum absolute atomic E-state index is 13.4. The Balaban J connectivity index is 1.56. The van der Waals surface area contributed by atoms with E-state index in [4.69, 9.17) is 9.47 Å². The molecule has 180 valence electrons. The highest BCUT2D eigenvalue weighted by molar-refractivity contribution is 6.00. The Bertz CT molecular complexity index is 1080. The van der Waals surface area contributed by atoms with E-state index in [2.05, 4.69) is 14.9 Å². The van der Waals surface area contributed by atoms with Gasteiger partial charge in [-0.2, -0.15) is 4.98 Å². The number of nitrogens with zero attached hydrogens (tertiary/aromatic N) is 4. The average Bonchev–Trinajstić information content (AvgIpc) is 2.86. The minimum Gasteiger partial charge on any atom is -0.480 e. The second-order valence-electron chi connectivity index (χ2n) is 9.32. The molecule has 9 nitrogen and oxygen atoms in total. The fourth-order valence-corrected chi connectivity index (χ4v) is 6.05. The van der Waals surface area contributed by atoms with Crippen molar-refractivity contribution in [2.75, 3.05) is 32.2 Å². The van der Waals surface area contributed by atoms with Gasteiger partial charge in [-0.1, -0.05) is 18.2 Å². The number of aromatic nitrogens is 2. The van der Waals surface area contributed by atoms with Gasteiger partial charge in [-0.05, 0) is 42.7 Å². The standard InChI is InChI=1S/C25H30N4O5/c1-33-22-13-26-12-21(27-22)29-18-6-4-3-5-16(18)19-11-17-15(14-28(19)10-9-23(29)31)7-8-20(30)24(17)25(32)34-2/h3-6,12-13,15,17,19-20,24,30H,7-11,14H2,1-2H3/t15-,17-,19-,20-,24+/m0/s1. The number of carbonyl (C=O) groups excluding carboxylic acids is 2. The zero-order chi connectivity index (χ0) is 23.8. The van der Waals surface area contributed by atoms with Crippen molar-refractivity contribution >= 4 is 23.4 Å². The van der Waals surface area contributed by atoms with Gasteiger partial charge >= 0.3 is 5.97 Å². The van der Waals surface area contributed by atoms with E-state index in [0.717, 1.165) is 24.2 Å². The predicted octanol–water partition coefficient (Wildman–Crippen LogP) is 2.48. The van der Waals surface area contributed by atoms with Crippen LogP contribution in [0.5, 0.6) is 5.88 Å². The van der Waals surface area contributed by atoms with Crippen molar-refractivity contribution in [2.45, 2.75) is 37.8 Å². The maximum atomic E-state index is 13.4. The summed E-state index contributed by atoms with van der Waals surface area (Å²) in [5, 5.41) is 10.7. The molecule has 5 atom stereocenters. The van der Waals surface area contributed by atoms with Crippen molar-refractivity contribution in [3.8, 4) is 5.88 Å². The lowest BCUT2D eigenvalue weighted by Gasteiger charge is -2.50. The van der Waals surface area contributed by atoms with Gasteiger partial charge in [-0.15, -0.1) is 0 Å². The number of esters is 1. The van der Waals surface area contributed by atoms with Gasteiger partial charge in [0, 0.05) is 25.6 Å². The van der Waals surface area contributed by atoms with Crippen LogP contribution in [0.25, 0.3) is 0 Å². The number of rotatable bonds is 3. The number of methoxy groups -OCH3 is 2. The number of hydrogen-bond donors (Lipinski definition) is 1. The molecule has 5 rings (SSSR count). The zero-order valence-corrected chi connectivity index (χ0v) is 19.5. The summed E-state index contributed by atoms with van der Waals surface area (Å²) in [6, 6.07) is 7.85. The summed E-state index contributed by atoms with van der Waals surface area (Å²) in [5.74, 6) is 0.144. The number of benzene rings is 1. The summed E-state index contributed by atoms with van der Waals surface area (Å²) < 4.78 is 10.3. The van der Waals surface area contributed by atoms with E-state index in [9.17, 15) is 14.7 Å². The molecular weight excluding hydrogens is 436 g/mol. The molecule has 0 radical (unpaired) electrons. The van der Waals surface area contributed by atoms with Crippen LogP contribution in [0.2, 0.25) is 0 Å². The first kappa shape index (κ1) is 22.7. The van der Waals surface area contributed by atoms with Crippen molar-refractivity contribution in [3.05, 3.63) is 42.2 Å². The molecule has 1 amide bonds. The fourth-order valence-electron chi connectivity index (χ4n) is 6.05. The van der Waals surface area contributed by atoms with Crippen LogP contribution in [0.1, 0.15) is 37.3 Å². The topological polar surface area (TPSA) is 105 Å². The number of fused-ring (bicyclic) bond motifs is 4. The molecular formula is C25H30N4O5. The molecule has 2 aliphatic heterocycles. The van der Waals surface area contributed by atoms with E-state index in [-0.39, 0.29) is 29.8 Å². The Morgan fingerprint density at radius 1 is 1.18 bits per heavy atom. The molecule has 3 aliphatic rings. The van der Waals surface area contributed by atoms with Crippen LogP contribution in [-0.2, 0) is 14.3 Å². The number of aliphatic hydroxyl groups excluding tert-OH is 1. The molecule has 1 aliphatic carbocycles. The van der Waals surface area contributed by atoms with Crippen molar-refractivity contribution in [1.82, 2.24) is 14.9 Å². The van der Waals surface area contributed by atoms with E-state index in [1.54, 1.807) is 11.1 Å². The third-order valence-corrected chi connectivity index (χ3v) is 7.63. The lowest BCUT2D eigenvalue weighted by molar-refractivity contribution is -0.160. The molecule has 1 saturated heterocycles. The van der Waals surface area contributed by atoms with Crippen LogP contribution in [0, 0.1) is 17.8 Å². The summed E-state index contributed by atoms with van der Waals surface area (Å²) in [5.41, 5.74) is 1.76. The summed E-state index contributed by atoms with van der Waals surface area (Å²) >= 11 is 0. The third-order valence-electron chi connectivity index (χ3n) is 7.63. The smallest absolute Gasteiger partial charge is 0.311 e. The lowest BCUT2D eigenvalue weighted by atomic mass is 9.65. The van der Waals surface area contributed by atoms with E-state index < -0.39 is 12.0 Å². The minimum atomic E-state index is -0.686. The maximum Gasteiger partial charge on any atom is 0.311 e. The van der Waals surface area contributed by atoms with Crippen LogP contribution in [-0.4, -0.2) is 65.3 Å². The Morgan fingerprint density at radius 3 is 2.79 bits per heavy atom. The van der Waals surface area contributed by atoms with Crippen molar-refractivity contribution < 1.29 is 24.2 Å². The van der Waals surface area contributed by atoms with Gasteiger partial charge in [-0.3, -0.25) is 24.4 Å². The normalized spacial score (nSPS) is 29.2. The minimum absolute atomic E-state index is 0.00377. The first-order valence-electron chi connectivity index (χ1n) is 11.8. The highest BCUT2D eigenvalue weighted by atomic mass is 16.5. The van der Waals surface area contributed by atoms with Gasteiger partial charge < -0.3 is 14.6 Å². The highest BCUT2D eigenvalue weighted by Gasteiger charge is 2.49. The molecule has 34 heavy (non-hydrogen) atoms. The monoisotopic (exact) mass is 466 g/mol. The fraction of sp³-hybridized carbons (Fsp3) is 0.520. The van der Waals surface area contributed by atoms with E-state index in [0.29, 0.717) is 37.5 Å². The number of ether oxygens (including phenoxy) is 2. The molecule has 0 spiro atoms. The quantitative estimate of drug-likeness (QED) is 0.688. The second kappa shape index (κ2) is 9.31. The highest BCUT2D eigenvalue weighted by Crippen LogP contribution is 2.49. The number of para-hydroxylation sites is 1. The molecule has 1 N–H and O–H groups in total. The van der Waals surface area contributed by atoms with Crippen molar-refractivity contribution in [2.24, 2.45) is 17.8 Å². The summed E-state index contributed by atoms with van der Waals surface area (Å²) in [4.78, 5) is 38.7. The summed E-state index contributed by atoms with van der Waals surface area (Å²) in [7, 11) is 2.90. The van der Waals surface area contributed by atoms with Crippen LogP contribution in [0.15, 0.2) is 36.7 Å². The van der Waals surface area contributed by atoms with Gasteiger partial charge in [0.1, 0.15) is 0 Å². The first-order chi connectivity index (χ1) is 16.5. The third kappa shape index (κ3) is 3.92. The molecule has 2 aromatic rings. The van der Waals surface area contributed by atoms with Gasteiger partial charge in [-0.25, -0.2) is 0 Å². The second-order valence-corrected chi connectivity index (χ2v) is 9.32. The number of anilines is 2. The van der Waals surface area contributed by atoms with Crippen molar-refractivity contribution in [1.29, 1.82) is 0 Å². The van der Waals surface area contributed by atoms with Gasteiger partial charge in [0.15, 0.2) is 5.82 Å². The van der Waals surface area contributed by atoms with Crippen molar-refractivity contribution in [3.63, 3.8) is 0 Å². The van der Waals surface area contributed by atoms with Gasteiger partial charge in [0.2, 0.25) is 11.8 Å². The number of amides is 1. The number of carbonyl (C=O) groups is 2. The predicted molar refractivity (Wildman–Crippen MR) is 123 cm³/mol. The van der Waals surface area contributed by atoms with E-state index in [1.807, 2.05) is 24.3 Å². The Labute approximate surface area is 198 Å².